The van der Waals surface area contributed by atoms with Crippen molar-refractivity contribution in [2.24, 2.45) is 0 Å². The molecule has 0 aromatic carbocycles. The zero-order chi connectivity index (χ0) is 8.74. The zero-order valence-corrected chi connectivity index (χ0v) is 8.78. The first-order valence-corrected chi connectivity index (χ1v) is 6.15. The zero-order valence-electron chi connectivity index (χ0n) is 7.97. The summed E-state index contributed by atoms with van der Waals surface area (Å²) in [6.45, 7) is 4.02. The summed E-state index contributed by atoms with van der Waals surface area (Å²) in [5.74, 6) is 0.757. The first-order valence-electron chi connectivity index (χ1n) is 4.32. The van der Waals surface area contributed by atoms with Crippen LogP contribution in [0.1, 0.15) is 39.5 Å². The van der Waals surface area contributed by atoms with Gasteiger partial charge in [-0.15, -0.1) is 0 Å². The lowest BCUT2D eigenvalue weighted by molar-refractivity contribution is 0.589. The fourth-order valence-electron chi connectivity index (χ4n) is 0.831. The van der Waals surface area contributed by atoms with Gasteiger partial charge in [0.05, 0.1) is 11.5 Å². The molecule has 0 rings (SSSR count). The molecule has 0 heterocycles. The molecule has 0 amide bonds. The highest BCUT2D eigenvalue weighted by atomic mass is 32.2. The van der Waals surface area contributed by atoms with E-state index in [-0.39, 0.29) is 5.48 Å². The van der Waals surface area contributed by atoms with Crippen molar-refractivity contribution < 1.29 is 13.9 Å². The van der Waals surface area contributed by atoms with E-state index in [1.807, 2.05) is 13.8 Å². The third-order valence-corrected chi connectivity index (χ3v) is 3.44. The monoisotopic (exact) mass is 196 g/mol. The molecule has 3 nitrogen and oxygen atoms in total. The van der Waals surface area contributed by atoms with Crippen LogP contribution in [0.4, 0.5) is 0 Å². The summed E-state index contributed by atoms with van der Waals surface area (Å²) >= 11 is 0. The van der Waals surface area contributed by atoms with Gasteiger partial charge in [-0.3, -0.25) is 0 Å². The van der Waals surface area contributed by atoms with E-state index in [1.54, 1.807) is 0 Å². The van der Waals surface area contributed by atoms with Gasteiger partial charge in [-0.05, 0) is 12.8 Å². The highest BCUT2D eigenvalue weighted by Crippen LogP contribution is 2.00. The maximum atomic E-state index is 11.1. The number of unbranched alkanes of at least 4 members (excludes halogenated alkanes) is 2. The molecule has 0 aromatic heterocycles. The third-order valence-electron chi connectivity index (χ3n) is 1.62. The summed E-state index contributed by atoms with van der Waals surface area (Å²) < 4.78 is 22.3. The van der Waals surface area contributed by atoms with Crippen LogP contribution in [0.3, 0.4) is 0 Å². The Hall–Kier alpha value is -0.0900. The van der Waals surface area contributed by atoms with Gasteiger partial charge in [-0.25, -0.2) is 8.42 Å². The van der Waals surface area contributed by atoms with Gasteiger partial charge < -0.3 is 5.48 Å². The molecule has 0 aliphatic rings. The van der Waals surface area contributed by atoms with Crippen LogP contribution in [0.25, 0.3) is 0 Å². The maximum Gasteiger partial charge on any atom is 0.150 e. The van der Waals surface area contributed by atoms with Crippen molar-refractivity contribution in [2.45, 2.75) is 39.5 Å². The molecule has 0 unspecified atom stereocenters. The second-order valence-electron chi connectivity index (χ2n) is 2.86. The minimum Gasteiger partial charge on any atom is -0.412 e. The van der Waals surface area contributed by atoms with E-state index in [0.717, 1.165) is 25.7 Å². The van der Waals surface area contributed by atoms with Gasteiger partial charge in [0.25, 0.3) is 0 Å². The van der Waals surface area contributed by atoms with E-state index in [0.29, 0.717) is 11.5 Å². The second kappa shape index (κ2) is 7.55. The molecule has 0 atom stereocenters. The lowest BCUT2D eigenvalue weighted by Gasteiger charge is -2.00. The van der Waals surface area contributed by atoms with E-state index in [2.05, 4.69) is 0 Å². The Bertz CT molecular complexity index is 159. The van der Waals surface area contributed by atoms with Crippen LogP contribution < -0.4 is 0 Å². The molecule has 0 saturated carbocycles. The number of sulfone groups is 1. The first-order chi connectivity index (χ1) is 5.12. The minimum atomic E-state index is -2.71. The maximum absolute atomic E-state index is 11.1. The van der Waals surface area contributed by atoms with E-state index in [4.69, 9.17) is 0 Å². The summed E-state index contributed by atoms with van der Waals surface area (Å²) in [6.07, 6.45) is 3.55. The normalized spacial score (nSPS) is 10.8. The molecule has 0 aromatic rings. The molecule has 0 bridgehead atoms. The highest BCUT2D eigenvalue weighted by Gasteiger charge is 2.07. The van der Waals surface area contributed by atoms with Crippen molar-refractivity contribution in [3.63, 3.8) is 0 Å². The molecular weight excluding hydrogens is 176 g/mol. The Morgan fingerprint density at radius 2 is 1.25 bits per heavy atom. The predicted molar refractivity (Wildman–Crippen MR) is 52.1 cm³/mol. The van der Waals surface area contributed by atoms with Crippen molar-refractivity contribution in [2.75, 3.05) is 11.5 Å². The topological polar surface area (TPSA) is 65.6 Å². The molecule has 0 radical (unpaired) electrons. The fourth-order valence-corrected chi connectivity index (χ4v) is 2.49. The molecule has 0 aliphatic heterocycles. The van der Waals surface area contributed by atoms with Gasteiger partial charge in [0, 0.05) is 0 Å². The Kier molecular flexibility index (Phi) is 9.09. The molecule has 2 N–H and O–H groups in total. The largest absolute Gasteiger partial charge is 0.412 e. The Morgan fingerprint density at radius 3 is 1.50 bits per heavy atom. The molecule has 4 heteroatoms. The smallest absolute Gasteiger partial charge is 0.150 e. The van der Waals surface area contributed by atoms with E-state index in [9.17, 15) is 8.42 Å². The summed E-state index contributed by atoms with van der Waals surface area (Å²) in [4.78, 5) is 0. The molecule has 0 fully saturated rings. The summed E-state index contributed by atoms with van der Waals surface area (Å²) in [7, 11) is -2.71. The van der Waals surface area contributed by atoms with Crippen molar-refractivity contribution >= 4 is 9.84 Å². The number of hydrogen-bond acceptors (Lipinski definition) is 2. The lowest BCUT2D eigenvalue weighted by Crippen LogP contribution is -2.10. The molecule has 0 aliphatic carbocycles. The number of rotatable bonds is 6. The van der Waals surface area contributed by atoms with Crippen LogP contribution in [0.5, 0.6) is 0 Å². The molecule has 0 saturated heterocycles. The van der Waals surface area contributed by atoms with Gasteiger partial charge in [-0.2, -0.15) is 0 Å². The summed E-state index contributed by atoms with van der Waals surface area (Å²) in [6, 6.07) is 0. The minimum absolute atomic E-state index is 0. The second-order valence-corrected chi connectivity index (χ2v) is 5.16. The molecule has 12 heavy (non-hydrogen) atoms. The molecule has 76 valence electrons. The Morgan fingerprint density at radius 1 is 0.917 bits per heavy atom. The van der Waals surface area contributed by atoms with Gasteiger partial charge in [0.2, 0.25) is 0 Å². The van der Waals surface area contributed by atoms with Crippen LogP contribution in [0.2, 0.25) is 0 Å². The van der Waals surface area contributed by atoms with Crippen LogP contribution in [-0.4, -0.2) is 25.4 Å². The van der Waals surface area contributed by atoms with Crippen molar-refractivity contribution in [3.05, 3.63) is 0 Å². The standard InChI is InChI=1S/C8H18O2S.H2O/c1-3-5-7-11(9,10)8-6-4-2;/h3-8H2,1-2H3;1H2. The average molecular weight is 196 g/mol. The van der Waals surface area contributed by atoms with Crippen molar-refractivity contribution in [3.8, 4) is 0 Å². The molecule has 0 spiro atoms. The van der Waals surface area contributed by atoms with Crippen LogP contribution >= 0.6 is 0 Å². The van der Waals surface area contributed by atoms with E-state index in [1.165, 1.54) is 0 Å². The van der Waals surface area contributed by atoms with Gasteiger partial charge in [0.15, 0.2) is 0 Å². The van der Waals surface area contributed by atoms with Gasteiger partial charge in [0.1, 0.15) is 9.84 Å². The molecular formula is C8H20O3S. The van der Waals surface area contributed by atoms with E-state index < -0.39 is 9.84 Å². The van der Waals surface area contributed by atoms with Crippen LogP contribution in [0, 0.1) is 0 Å². The first kappa shape index (κ1) is 14.4. The van der Waals surface area contributed by atoms with Gasteiger partial charge >= 0.3 is 0 Å². The predicted octanol–water partition coefficient (Wildman–Crippen LogP) is 1.18. The van der Waals surface area contributed by atoms with E-state index >= 15 is 0 Å². The highest BCUT2D eigenvalue weighted by molar-refractivity contribution is 7.91. The Labute approximate surface area is 75.4 Å². The summed E-state index contributed by atoms with van der Waals surface area (Å²) in [5, 5.41) is 0. The van der Waals surface area contributed by atoms with Crippen molar-refractivity contribution in [1.29, 1.82) is 0 Å². The van der Waals surface area contributed by atoms with Crippen molar-refractivity contribution in [1.82, 2.24) is 0 Å². The van der Waals surface area contributed by atoms with Gasteiger partial charge in [-0.1, -0.05) is 26.7 Å². The summed E-state index contributed by atoms with van der Waals surface area (Å²) in [5.41, 5.74) is 0. The lowest BCUT2D eigenvalue weighted by atomic mass is 10.4. The Balaban J connectivity index is 0. The fraction of sp³-hybridized carbons (Fsp3) is 1.00. The average Bonchev–Trinajstić information content (AvgIpc) is 1.97. The van der Waals surface area contributed by atoms with Crippen LogP contribution in [-0.2, 0) is 9.84 Å². The van der Waals surface area contributed by atoms with Crippen LogP contribution in [0.15, 0.2) is 0 Å². The third kappa shape index (κ3) is 8.01. The SMILES string of the molecule is CCCCS(=O)(=O)CCCC.O. The number of hydrogen-bond donors (Lipinski definition) is 0. The quantitative estimate of drug-likeness (QED) is 0.640.